The maximum absolute atomic E-state index is 14.7. The molecule has 0 unspecified atom stereocenters. The second-order valence-corrected chi connectivity index (χ2v) is 37.9. The number of halogens is 12. The Morgan fingerprint density at radius 2 is 0.520 bits per heavy atom. The summed E-state index contributed by atoms with van der Waals surface area (Å²) in [5.41, 5.74) is 7.20. The molecule has 15 rings (SSSR count). The molecular formula is C84H60F12N2Si2. The maximum Gasteiger partial charge on any atom is 0.416 e. The van der Waals surface area contributed by atoms with E-state index in [-0.39, 0.29) is 43.6 Å². The maximum atomic E-state index is 14.7. The van der Waals surface area contributed by atoms with Crippen LogP contribution in [0.1, 0.15) is 22.3 Å². The lowest BCUT2D eigenvalue weighted by Crippen LogP contribution is -2.37. The molecule has 2 nitrogen and oxygen atoms in total. The molecule has 0 bridgehead atoms. The molecule has 2 aromatic heterocycles. The fourth-order valence-electron chi connectivity index (χ4n) is 14.3. The molecule has 0 saturated carbocycles. The van der Waals surface area contributed by atoms with E-state index in [0.29, 0.717) is 44.0 Å². The van der Waals surface area contributed by atoms with Crippen LogP contribution >= 0.6 is 0 Å². The summed E-state index contributed by atoms with van der Waals surface area (Å²) < 4.78 is 180. The summed E-state index contributed by atoms with van der Waals surface area (Å²) in [6, 6.07) is 72.8. The highest BCUT2D eigenvalue weighted by Gasteiger charge is 2.36. The first-order valence-corrected chi connectivity index (χ1v) is 39.5. The van der Waals surface area contributed by atoms with Crippen LogP contribution in [0.3, 0.4) is 0 Å². The second kappa shape index (κ2) is 23.6. The number of alkyl halides is 12. The highest BCUT2D eigenvalue weighted by Crippen LogP contribution is 2.52. The van der Waals surface area contributed by atoms with Crippen molar-refractivity contribution in [1.82, 2.24) is 9.13 Å². The van der Waals surface area contributed by atoms with Gasteiger partial charge < -0.3 is 9.13 Å². The molecule has 0 amide bonds. The van der Waals surface area contributed by atoms with Crippen molar-refractivity contribution in [2.45, 2.75) is 64.0 Å². The van der Waals surface area contributed by atoms with Gasteiger partial charge in [-0.25, -0.2) is 0 Å². The molecule has 0 radical (unpaired) electrons. The summed E-state index contributed by atoms with van der Waals surface area (Å²) in [5, 5.41) is 4.84. The summed E-state index contributed by atoms with van der Waals surface area (Å²) >= 11 is 0. The first kappa shape index (κ1) is 65.5. The van der Waals surface area contributed by atoms with E-state index in [0.717, 1.165) is 104 Å². The molecule has 0 fully saturated rings. The first-order valence-electron chi connectivity index (χ1n) is 32.5. The number of aromatic nitrogens is 2. The van der Waals surface area contributed by atoms with E-state index in [1.807, 2.05) is 97.1 Å². The molecule has 0 aliphatic carbocycles. The molecule has 0 N–H and O–H groups in total. The predicted octanol–water partition coefficient (Wildman–Crippen LogP) is 25.4. The van der Waals surface area contributed by atoms with Crippen molar-refractivity contribution in [3.63, 3.8) is 0 Å². The molecule has 498 valence electrons. The van der Waals surface area contributed by atoms with Gasteiger partial charge in [-0.2, -0.15) is 52.7 Å². The number of hydrogen-bond acceptors (Lipinski definition) is 0. The fourth-order valence-corrected chi connectivity index (χ4v) is 16.6. The predicted molar refractivity (Wildman–Crippen MR) is 389 cm³/mol. The van der Waals surface area contributed by atoms with Crippen molar-refractivity contribution < 1.29 is 52.7 Å². The molecule has 15 aromatic rings. The number of rotatable bonds is 10. The van der Waals surface area contributed by atoms with Gasteiger partial charge in [0, 0.05) is 32.9 Å². The smallest absolute Gasteiger partial charge is 0.309 e. The van der Waals surface area contributed by atoms with Crippen molar-refractivity contribution in [1.29, 1.82) is 0 Å². The average Bonchev–Trinajstić information content (AvgIpc) is 1.48. The second-order valence-electron chi connectivity index (χ2n) is 27.7. The van der Waals surface area contributed by atoms with E-state index in [1.165, 1.54) is 34.6 Å². The van der Waals surface area contributed by atoms with Crippen LogP contribution < -0.4 is 10.4 Å². The van der Waals surface area contributed by atoms with E-state index in [1.54, 1.807) is 21.3 Å². The monoisotopic (exact) mass is 1380 g/mol. The number of nitrogens with zero attached hydrogens (tertiary/aromatic N) is 2. The minimum atomic E-state index is -4.84. The number of hydrogen-bond donors (Lipinski definition) is 0. The van der Waals surface area contributed by atoms with Gasteiger partial charge in [0.15, 0.2) is 0 Å². The molecular weight excluding hydrogens is 1320 g/mol. The van der Waals surface area contributed by atoms with Crippen LogP contribution in [0.15, 0.2) is 255 Å². The van der Waals surface area contributed by atoms with E-state index < -0.39 is 63.1 Å². The van der Waals surface area contributed by atoms with Crippen LogP contribution in [-0.2, 0) is 24.7 Å². The van der Waals surface area contributed by atoms with E-state index >= 15 is 0 Å². The zero-order valence-electron chi connectivity index (χ0n) is 54.7. The topological polar surface area (TPSA) is 9.86 Å². The van der Waals surface area contributed by atoms with Crippen LogP contribution in [0.5, 0.6) is 0 Å². The van der Waals surface area contributed by atoms with Gasteiger partial charge in [-0.3, -0.25) is 0 Å². The lowest BCUT2D eigenvalue weighted by Gasteiger charge is -2.24. The van der Waals surface area contributed by atoms with Crippen LogP contribution in [0.25, 0.3) is 143 Å². The van der Waals surface area contributed by atoms with Gasteiger partial charge in [0.05, 0.1) is 60.5 Å². The van der Waals surface area contributed by atoms with Crippen LogP contribution in [-0.4, -0.2) is 25.3 Å². The van der Waals surface area contributed by atoms with Crippen LogP contribution in [0.4, 0.5) is 52.7 Å². The first-order chi connectivity index (χ1) is 47.4. The average molecular weight is 1380 g/mol. The Bertz CT molecular complexity index is 5270. The SMILES string of the molecule is C[Si](C)(C)c1ccc(-c2ccc(-c3c4ccc(-n5c6ccc(C(F)(F)F)cc6c6cc(C(F)(F)F)ccc65)cc4c(-c4ccc(-c5ccc([Si](C)(C)C)cc5)cc4-c4ccccc4)c4ccc(-n5c6ccc(C(F)(F)F)cc6c6cc(C(F)(F)F)ccc65)cc34)c(-c3ccccc3)c2)cc1. The minimum absolute atomic E-state index is 0.0557. The van der Waals surface area contributed by atoms with E-state index in [9.17, 15) is 52.7 Å². The van der Waals surface area contributed by atoms with Crippen molar-refractivity contribution in [3.8, 4) is 78.1 Å². The van der Waals surface area contributed by atoms with E-state index in [2.05, 4.69) is 112 Å². The quantitative estimate of drug-likeness (QED) is 0.0734. The van der Waals surface area contributed by atoms with Crippen LogP contribution in [0.2, 0.25) is 39.3 Å². The Hall–Kier alpha value is -10.4. The summed E-state index contributed by atoms with van der Waals surface area (Å²) in [6.45, 7) is 13.7. The van der Waals surface area contributed by atoms with Gasteiger partial charge in [0.25, 0.3) is 0 Å². The summed E-state index contributed by atoms with van der Waals surface area (Å²) in [6.07, 6.45) is -19.4. The summed E-state index contributed by atoms with van der Waals surface area (Å²) in [4.78, 5) is 0. The number of benzene rings is 13. The molecule has 0 atom stereocenters. The van der Waals surface area contributed by atoms with Crippen molar-refractivity contribution in [2.75, 3.05) is 0 Å². The Morgan fingerprint density at radius 3 is 0.800 bits per heavy atom. The third-order valence-electron chi connectivity index (χ3n) is 19.4. The van der Waals surface area contributed by atoms with Crippen molar-refractivity contribution in [2.24, 2.45) is 0 Å². The third kappa shape index (κ3) is 11.6. The van der Waals surface area contributed by atoms with Gasteiger partial charge in [-0.05, 0) is 198 Å². The Balaban J connectivity index is 1.11. The number of fused-ring (bicyclic) bond motifs is 8. The zero-order chi connectivity index (χ0) is 70.3. The molecule has 0 saturated heterocycles. The highest BCUT2D eigenvalue weighted by molar-refractivity contribution is 6.89. The molecule has 0 aliphatic heterocycles. The zero-order valence-corrected chi connectivity index (χ0v) is 56.7. The van der Waals surface area contributed by atoms with Gasteiger partial charge in [-0.15, -0.1) is 0 Å². The van der Waals surface area contributed by atoms with Gasteiger partial charge in [0.1, 0.15) is 0 Å². The fraction of sp³-hybridized carbons (Fsp3) is 0.119. The lowest BCUT2D eigenvalue weighted by atomic mass is 9.81. The Labute approximate surface area is 569 Å². The highest BCUT2D eigenvalue weighted by atomic mass is 28.3. The largest absolute Gasteiger partial charge is 0.416 e. The summed E-state index contributed by atoms with van der Waals surface area (Å²) in [7, 11) is -3.45. The van der Waals surface area contributed by atoms with Gasteiger partial charge >= 0.3 is 24.7 Å². The van der Waals surface area contributed by atoms with Crippen LogP contribution in [0, 0.1) is 0 Å². The standard InChI is InChI=1S/C84H60F12N2Si2/c1-99(2,3)61-29-17-49(18-30-61)53-21-33-63(67(41-53)51-13-9-7-10-14-51)79-65-35-27-60(98-77-39-25-57(83(91,92)93)45-71(77)72-46-58(84(94,95)96)26-40-78(72)98)48-74(65)80(64-34-22-54(42-68(64)52-15-11-8-12-16-52)50-19-31-62(32-20-50)100(4,5)6)66-36-28-59(47-73(66)79)97-75-37-23-55(81(85,86)87)43-69(75)70-44-56(82(88,89)90)24-38-76(70)97/h7-48H,1-6H3. The summed E-state index contributed by atoms with van der Waals surface area (Å²) in [5.74, 6) is 0. The van der Waals surface area contributed by atoms with E-state index in [4.69, 9.17) is 0 Å². The van der Waals surface area contributed by atoms with Crippen molar-refractivity contribution in [3.05, 3.63) is 277 Å². The van der Waals surface area contributed by atoms with Gasteiger partial charge in [0.2, 0.25) is 0 Å². The molecule has 16 heteroatoms. The molecule has 100 heavy (non-hydrogen) atoms. The van der Waals surface area contributed by atoms with Crippen molar-refractivity contribution >= 4 is 91.7 Å². The molecule has 0 spiro atoms. The third-order valence-corrected chi connectivity index (χ3v) is 23.5. The minimum Gasteiger partial charge on any atom is -0.309 e. The lowest BCUT2D eigenvalue weighted by molar-refractivity contribution is -0.138. The Kier molecular flexibility index (Phi) is 15.5. The molecule has 13 aromatic carbocycles. The molecule has 2 heterocycles. The molecule has 0 aliphatic rings. The normalized spacial score (nSPS) is 12.9. The Morgan fingerprint density at radius 1 is 0.230 bits per heavy atom. The van der Waals surface area contributed by atoms with Gasteiger partial charge in [-0.1, -0.05) is 195 Å².